The third-order valence-electron chi connectivity index (χ3n) is 6.20. The van der Waals surface area contributed by atoms with Crippen LogP contribution in [0.3, 0.4) is 0 Å². The summed E-state index contributed by atoms with van der Waals surface area (Å²) in [4.78, 5) is 13.2. The van der Waals surface area contributed by atoms with Crippen molar-refractivity contribution in [2.45, 2.75) is 32.6 Å². The van der Waals surface area contributed by atoms with Gasteiger partial charge in [-0.3, -0.25) is 4.79 Å². The Hall–Kier alpha value is -4.71. The third-order valence-corrected chi connectivity index (χ3v) is 6.20. The summed E-state index contributed by atoms with van der Waals surface area (Å²) in [6, 6.07) is 16.9. The van der Waals surface area contributed by atoms with E-state index in [0.29, 0.717) is 29.1 Å². The van der Waals surface area contributed by atoms with Crippen LogP contribution in [0.25, 0.3) is 27.8 Å². The Morgan fingerprint density at radius 1 is 1.07 bits per heavy atom. The monoisotopic (exact) mass is 552 g/mol. The minimum absolute atomic E-state index is 0.0229. The average Bonchev–Trinajstić information content (AvgIpc) is 3.53. The number of benzene rings is 3. The van der Waals surface area contributed by atoms with E-state index in [4.69, 9.17) is 10.3 Å². The molecule has 0 unspecified atom stereocenters. The maximum absolute atomic E-state index is 15.2. The highest BCUT2D eigenvalue weighted by atomic mass is 19.4. The summed E-state index contributed by atoms with van der Waals surface area (Å²) in [5, 5.41) is 13.2. The topological polar surface area (TPSA) is 111 Å². The van der Waals surface area contributed by atoms with Crippen LogP contribution in [0.15, 0.2) is 71.3 Å². The molecule has 5 aromatic rings. The number of aromatic nitrogens is 3. The van der Waals surface area contributed by atoms with Crippen LogP contribution in [0.4, 0.5) is 29.1 Å². The fourth-order valence-electron chi connectivity index (χ4n) is 4.20. The minimum atomic E-state index is -4.83. The summed E-state index contributed by atoms with van der Waals surface area (Å²) >= 11 is 0. The minimum Gasteiger partial charge on any atom is -0.380 e. The van der Waals surface area contributed by atoms with Crippen LogP contribution in [0, 0.1) is 5.82 Å². The van der Waals surface area contributed by atoms with Gasteiger partial charge >= 0.3 is 6.18 Å². The van der Waals surface area contributed by atoms with Crippen molar-refractivity contribution < 1.29 is 26.9 Å². The van der Waals surface area contributed by atoms with E-state index in [0.717, 1.165) is 15.8 Å². The zero-order valence-electron chi connectivity index (χ0n) is 21.4. The molecule has 206 valence electrons. The summed E-state index contributed by atoms with van der Waals surface area (Å²) in [5.74, 6) is -1.72. The zero-order valence-corrected chi connectivity index (χ0v) is 21.4. The van der Waals surface area contributed by atoms with Gasteiger partial charge in [-0.2, -0.15) is 18.3 Å². The molecule has 0 fully saturated rings. The van der Waals surface area contributed by atoms with Crippen molar-refractivity contribution >= 4 is 28.4 Å². The highest BCUT2D eigenvalue weighted by molar-refractivity contribution is 6.04. The van der Waals surface area contributed by atoms with E-state index in [1.165, 1.54) is 30.3 Å². The predicted molar refractivity (Wildman–Crippen MR) is 142 cm³/mol. The fourth-order valence-corrected chi connectivity index (χ4v) is 4.20. The molecule has 0 aliphatic heterocycles. The van der Waals surface area contributed by atoms with Gasteiger partial charge in [-0.05, 0) is 47.0 Å². The molecule has 8 nitrogen and oxygen atoms in total. The standard InChI is InChI=1S/C28H24F4N6O2/c1-15(2)34-14-17-5-3-4-6-19(17)16-7-9-22(21(29)11-16)35-27(39)23-13-25(28(30,31)32)36-38(23)18-8-10-24-20(12-18)26(33)37-40-24/h3-13,15,34H,14H2,1-2H3,(H2,33,37)(H,35,39). The molecule has 1 amide bonds. The van der Waals surface area contributed by atoms with Crippen molar-refractivity contribution in [2.75, 3.05) is 11.1 Å². The Bertz CT molecular complexity index is 1710. The second kappa shape index (κ2) is 10.5. The number of alkyl halides is 3. The summed E-state index contributed by atoms with van der Waals surface area (Å²) < 4.78 is 61.7. The molecular weight excluding hydrogens is 528 g/mol. The highest BCUT2D eigenvalue weighted by Gasteiger charge is 2.36. The lowest BCUT2D eigenvalue weighted by molar-refractivity contribution is -0.141. The van der Waals surface area contributed by atoms with Gasteiger partial charge in [0.15, 0.2) is 17.1 Å². The normalized spacial score (nSPS) is 11.9. The molecule has 4 N–H and O–H groups in total. The number of anilines is 2. The quantitative estimate of drug-likeness (QED) is 0.208. The Labute approximate surface area is 225 Å². The van der Waals surface area contributed by atoms with E-state index in [1.807, 2.05) is 38.1 Å². The van der Waals surface area contributed by atoms with E-state index in [2.05, 4.69) is 20.9 Å². The number of carbonyl (C=O) groups is 1. The summed E-state index contributed by atoms with van der Waals surface area (Å²) in [5.41, 5.74) is 6.57. The van der Waals surface area contributed by atoms with Gasteiger partial charge in [-0.1, -0.05) is 49.3 Å². The number of rotatable bonds is 7. The number of amides is 1. The smallest absolute Gasteiger partial charge is 0.380 e. The molecule has 5 rings (SSSR count). The molecular formula is C28H24F4N6O2. The Balaban J connectivity index is 1.47. The van der Waals surface area contributed by atoms with Crippen LogP contribution in [-0.4, -0.2) is 26.9 Å². The highest BCUT2D eigenvalue weighted by Crippen LogP contribution is 2.32. The van der Waals surface area contributed by atoms with Crippen LogP contribution in [-0.2, 0) is 12.7 Å². The van der Waals surface area contributed by atoms with Crippen LogP contribution >= 0.6 is 0 Å². The first-order valence-electron chi connectivity index (χ1n) is 12.3. The molecule has 2 aromatic heterocycles. The summed E-state index contributed by atoms with van der Waals surface area (Å²) in [6.07, 6.45) is -4.83. The van der Waals surface area contributed by atoms with Gasteiger partial charge in [0.2, 0.25) is 0 Å². The molecule has 0 bridgehead atoms. The van der Waals surface area contributed by atoms with Crippen LogP contribution in [0.2, 0.25) is 0 Å². The lowest BCUT2D eigenvalue weighted by atomic mass is 9.99. The molecule has 0 saturated carbocycles. The van der Waals surface area contributed by atoms with Gasteiger partial charge in [-0.15, -0.1) is 0 Å². The fraction of sp³-hybridized carbons (Fsp3) is 0.179. The second-order valence-electron chi connectivity index (χ2n) is 9.41. The SMILES string of the molecule is CC(C)NCc1ccccc1-c1ccc(NC(=O)c2cc(C(F)(F)F)nn2-c2ccc3onc(N)c3c2)c(F)c1. The number of nitrogens with zero attached hydrogens (tertiary/aromatic N) is 3. The molecule has 0 aliphatic carbocycles. The number of nitrogens with one attached hydrogen (secondary N) is 2. The predicted octanol–water partition coefficient (Wildman–Crippen LogP) is 6.17. The molecule has 3 aromatic carbocycles. The van der Waals surface area contributed by atoms with Crippen molar-refractivity contribution in [2.24, 2.45) is 0 Å². The molecule has 0 aliphatic rings. The molecule has 0 radical (unpaired) electrons. The van der Waals surface area contributed by atoms with Crippen molar-refractivity contribution in [1.82, 2.24) is 20.3 Å². The lowest BCUT2D eigenvalue weighted by Crippen LogP contribution is -2.22. The maximum Gasteiger partial charge on any atom is 0.435 e. The van der Waals surface area contributed by atoms with Gasteiger partial charge in [-0.25, -0.2) is 9.07 Å². The Morgan fingerprint density at radius 2 is 1.85 bits per heavy atom. The van der Waals surface area contributed by atoms with E-state index in [9.17, 15) is 18.0 Å². The number of fused-ring (bicyclic) bond motifs is 1. The molecule has 0 atom stereocenters. The number of hydrogen-bond donors (Lipinski definition) is 3. The number of carbonyl (C=O) groups excluding carboxylic acids is 1. The first-order chi connectivity index (χ1) is 19.0. The summed E-state index contributed by atoms with van der Waals surface area (Å²) in [6.45, 7) is 4.61. The number of hydrogen-bond acceptors (Lipinski definition) is 6. The Kier molecular flexibility index (Phi) is 7.03. The Morgan fingerprint density at radius 3 is 2.58 bits per heavy atom. The van der Waals surface area contributed by atoms with Crippen LogP contribution < -0.4 is 16.4 Å². The number of nitrogens with two attached hydrogens (primary N) is 1. The molecule has 0 spiro atoms. The van der Waals surface area contributed by atoms with Gasteiger partial charge in [0.05, 0.1) is 16.8 Å². The number of halogens is 4. The first-order valence-corrected chi connectivity index (χ1v) is 12.3. The van der Waals surface area contributed by atoms with Gasteiger partial charge in [0.25, 0.3) is 5.91 Å². The molecule has 12 heteroatoms. The average molecular weight is 553 g/mol. The molecule has 0 saturated heterocycles. The second-order valence-corrected chi connectivity index (χ2v) is 9.41. The third kappa shape index (κ3) is 5.38. The van der Waals surface area contributed by atoms with E-state index in [1.54, 1.807) is 6.07 Å². The maximum atomic E-state index is 15.2. The summed E-state index contributed by atoms with van der Waals surface area (Å²) in [7, 11) is 0. The van der Waals surface area contributed by atoms with Gasteiger partial charge in [0.1, 0.15) is 11.5 Å². The zero-order chi connectivity index (χ0) is 28.6. The van der Waals surface area contributed by atoms with Gasteiger partial charge in [0, 0.05) is 18.7 Å². The van der Waals surface area contributed by atoms with Crippen LogP contribution in [0.1, 0.15) is 35.6 Å². The van der Waals surface area contributed by atoms with Crippen molar-refractivity contribution in [3.05, 3.63) is 89.5 Å². The lowest BCUT2D eigenvalue weighted by Gasteiger charge is -2.14. The molecule has 2 heterocycles. The van der Waals surface area contributed by atoms with E-state index < -0.39 is 29.3 Å². The van der Waals surface area contributed by atoms with E-state index in [-0.39, 0.29) is 23.2 Å². The first kappa shape index (κ1) is 26.9. The van der Waals surface area contributed by atoms with Gasteiger partial charge < -0.3 is 20.9 Å². The van der Waals surface area contributed by atoms with E-state index >= 15 is 4.39 Å². The van der Waals surface area contributed by atoms with Crippen LogP contribution in [0.5, 0.6) is 0 Å². The van der Waals surface area contributed by atoms with Crippen molar-refractivity contribution in [1.29, 1.82) is 0 Å². The largest absolute Gasteiger partial charge is 0.435 e. The van der Waals surface area contributed by atoms with Crippen molar-refractivity contribution in [3.8, 4) is 16.8 Å². The number of nitrogen functional groups attached to an aromatic ring is 1. The molecule has 40 heavy (non-hydrogen) atoms. The van der Waals surface area contributed by atoms with Crippen molar-refractivity contribution in [3.63, 3.8) is 0 Å².